The summed E-state index contributed by atoms with van der Waals surface area (Å²) in [6.07, 6.45) is 1.82. The molecular formula is C17H15N3O3S. The molecule has 0 spiro atoms. The Hall–Kier alpha value is -2.51. The number of aliphatic hydroxyl groups excluding tert-OH is 1. The average Bonchev–Trinajstić information content (AvgIpc) is 3.18. The van der Waals surface area contributed by atoms with Crippen molar-refractivity contribution < 1.29 is 14.3 Å². The highest BCUT2D eigenvalue weighted by Gasteiger charge is 2.09. The Morgan fingerprint density at radius 3 is 2.92 bits per heavy atom. The summed E-state index contributed by atoms with van der Waals surface area (Å²) in [5.74, 6) is 0.753. The number of nitrogens with zero attached hydrogens (tertiary/aromatic N) is 3. The number of benzene rings is 2. The van der Waals surface area contributed by atoms with Crippen molar-refractivity contribution >= 4 is 33.9 Å². The quantitative estimate of drug-likeness (QED) is 0.444. The number of aromatic nitrogens is 3. The summed E-state index contributed by atoms with van der Waals surface area (Å²) >= 11 is 1.17. The number of ether oxygens (including phenoxy) is 1. The number of oxazole rings is 1. The lowest BCUT2D eigenvalue weighted by atomic mass is 10.2. The summed E-state index contributed by atoms with van der Waals surface area (Å²) < 4.78 is 13.0. The van der Waals surface area contributed by atoms with Gasteiger partial charge in [-0.25, -0.2) is 9.97 Å². The molecule has 7 heteroatoms. The first-order chi connectivity index (χ1) is 11.8. The Morgan fingerprint density at radius 1 is 1.21 bits per heavy atom. The Morgan fingerprint density at radius 2 is 2.08 bits per heavy atom. The van der Waals surface area contributed by atoms with E-state index < -0.39 is 0 Å². The molecule has 0 fully saturated rings. The first-order valence-electron chi connectivity index (χ1n) is 7.39. The fourth-order valence-corrected chi connectivity index (χ4v) is 3.07. The molecule has 2 aromatic heterocycles. The molecule has 0 saturated carbocycles. The van der Waals surface area contributed by atoms with Crippen molar-refractivity contribution in [1.29, 1.82) is 0 Å². The molecular weight excluding hydrogens is 326 g/mol. The van der Waals surface area contributed by atoms with Crippen molar-refractivity contribution in [2.24, 2.45) is 0 Å². The second-order valence-corrected chi connectivity index (χ2v) is 6.18. The molecule has 122 valence electrons. The van der Waals surface area contributed by atoms with Crippen molar-refractivity contribution in [3.8, 4) is 5.75 Å². The van der Waals surface area contributed by atoms with Crippen LogP contribution in [0.5, 0.6) is 5.75 Å². The van der Waals surface area contributed by atoms with Gasteiger partial charge < -0.3 is 18.8 Å². The topological polar surface area (TPSA) is 73.3 Å². The minimum absolute atomic E-state index is 0.0530. The van der Waals surface area contributed by atoms with Gasteiger partial charge in [-0.2, -0.15) is 0 Å². The highest BCUT2D eigenvalue weighted by atomic mass is 32.2. The van der Waals surface area contributed by atoms with Crippen molar-refractivity contribution in [3.63, 3.8) is 0 Å². The van der Waals surface area contributed by atoms with E-state index in [9.17, 15) is 0 Å². The van der Waals surface area contributed by atoms with Crippen LogP contribution in [-0.2, 0) is 6.54 Å². The van der Waals surface area contributed by atoms with Crippen LogP contribution in [0.25, 0.3) is 22.1 Å². The molecule has 0 radical (unpaired) electrons. The monoisotopic (exact) mass is 341 g/mol. The number of hydrogen-bond acceptors (Lipinski definition) is 6. The van der Waals surface area contributed by atoms with Crippen LogP contribution in [0.4, 0.5) is 0 Å². The number of fused-ring (bicyclic) bond motifs is 2. The van der Waals surface area contributed by atoms with Crippen LogP contribution in [0.2, 0.25) is 0 Å². The molecule has 0 aliphatic heterocycles. The van der Waals surface area contributed by atoms with Crippen LogP contribution >= 0.6 is 11.8 Å². The maximum absolute atomic E-state index is 8.96. The van der Waals surface area contributed by atoms with E-state index in [0.29, 0.717) is 17.4 Å². The average molecular weight is 341 g/mol. The predicted molar refractivity (Wildman–Crippen MR) is 92.3 cm³/mol. The van der Waals surface area contributed by atoms with Crippen molar-refractivity contribution in [2.75, 3.05) is 13.0 Å². The minimum Gasteiger partial charge on any atom is -0.497 e. The van der Waals surface area contributed by atoms with E-state index in [1.807, 2.05) is 42.7 Å². The van der Waals surface area contributed by atoms with Gasteiger partial charge >= 0.3 is 0 Å². The Labute approximate surface area is 142 Å². The van der Waals surface area contributed by atoms with Gasteiger partial charge in [-0.3, -0.25) is 0 Å². The Balaban J connectivity index is 1.68. The molecule has 2 heterocycles. The summed E-state index contributed by atoms with van der Waals surface area (Å²) in [4.78, 5) is 8.74. The lowest BCUT2D eigenvalue weighted by Crippen LogP contribution is -1.98. The van der Waals surface area contributed by atoms with Gasteiger partial charge in [0, 0.05) is 12.6 Å². The number of hydrogen-bond donors (Lipinski definition) is 1. The molecule has 0 aliphatic carbocycles. The number of rotatable bonds is 5. The van der Waals surface area contributed by atoms with E-state index in [2.05, 4.69) is 14.5 Å². The fraction of sp³-hybridized carbons (Fsp3) is 0.176. The van der Waals surface area contributed by atoms with E-state index in [-0.39, 0.29) is 5.94 Å². The molecule has 2 aromatic carbocycles. The van der Waals surface area contributed by atoms with Gasteiger partial charge in [0.2, 0.25) is 0 Å². The molecule has 0 bridgehead atoms. The summed E-state index contributed by atoms with van der Waals surface area (Å²) in [5.41, 5.74) is 4.53. The maximum Gasteiger partial charge on any atom is 0.259 e. The molecule has 0 unspecified atom stereocenters. The summed E-state index contributed by atoms with van der Waals surface area (Å²) in [7, 11) is 1.65. The first kappa shape index (κ1) is 15.0. The van der Waals surface area contributed by atoms with Crippen LogP contribution < -0.4 is 4.74 Å². The number of imidazole rings is 1. The van der Waals surface area contributed by atoms with Gasteiger partial charge in [-0.05, 0) is 41.6 Å². The fourth-order valence-electron chi connectivity index (χ4n) is 2.65. The van der Waals surface area contributed by atoms with Gasteiger partial charge in [0.1, 0.15) is 11.3 Å². The molecule has 4 aromatic rings. The second kappa shape index (κ2) is 6.18. The van der Waals surface area contributed by atoms with Gasteiger partial charge in [-0.15, -0.1) is 0 Å². The summed E-state index contributed by atoms with van der Waals surface area (Å²) in [6.45, 7) is 0.669. The molecule has 4 rings (SSSR count). The number of aliphatic hydroxyl groups is 1. The van der Waals surface area contributed by atoms with Crippen LogP contribution in [0.3, 0.4) is 0 Å². The van der Waals surface area contributed by atoms with Crippen molar-refractivity contribution in [1.82, 2.24) is 14.5 Å². The molecule has 1 N–H and O–H groups in total. The van der Waals surface area contributed by atoms with E-state index in [1.54, 1.807) is 7.11 Å². The summed E-state index contributed by atoms with van der Waals surface area (Å²) in [5, 5.41) is 9.43. The van der Waals surface area contributed by atoms with Crippen LogP contribution in [0, 0.1) is 0 Å². The zero-order valence-corrected chi connectivity index (χ0v) is 13.8. The SMILES string of the molecule is COc1ccc2ncn(Cc3ccc4nc(SCO)oc4c3)c2c1. The van der Waals surface area contributed by atoms with Gasteiger partial charge in [0.25, 0.3) is 5.22 Å². The molecule has 0 aliphatic rings. The third kappa shape index (κ3) is 2.72. The number of methoxy groups -OCH3 is 1. The van der Waals surface area contributed by atoms with Crippen molar-refractivity contribution in [2.45, 2.75) is 11.8 Å². The zero-order valence-electron chi connectivity index (χ0n) is 13.0. The third-order valence-electron chi connectivity index (χ3n) is 3.80. The van der Waals surface area contributed by atoms with E-state index in [0.717, 1.165) is 27.9 Å². The number of thioether (sulfide) groups is 1. The third-order valence-corrected chi connectivity index (χ3v) is 4.35. The molecule has 0 amide bonds. The van der Waals surface area contributed by atoms with Crippen molar-refractivity contribution in [3.05, 3.63) is 48.3 Å². The molecule has 0 saturated heterocycles. The largest absolute Gasteiger partial charge is 0.497 e. The smallest absolute Gasteiger partial charge is 0.259 e. The zero-order chi connectivity index (χ0) is 16.5. The van der Waals surface area contributed by atoms with Crippen LogP contribution in [0.1, 0.15) is 5.56 Å². The van der Waals surface area contributed by atoms with E-state index >= 15 is 0 Å². The minimum atomic E-state index is -0.0530. The van der Waals surface area contributed by atoms with Gasteiger partial charge in [-0.1, -0.05) is 6.07 Å². The highest BCUT2D eigenvalue weighted by molar-refractivity contribution is 7.98. The predicted octanol–water partition coefficient (Wildman–Crippen LogP) is 3.28. The first-order valence-corrected chi connectivity index (χ1v) is 8.37. The standard InChI is InChI=1S/C17H15N3O3S/c1-22-12-3-5-13-15(7-12)20(9-18-13)8-11-2-4-14-16(6-11)23-17(19-14)24-10-21/h2-7,9,21H,8,10H2,1H3. The lowest BCUT2D eigenvalue weighted by molar-refractivity contribution is 0.371. The maximum atomic E-state index is 8.96. The van der Waals surface area contributed by atoms with Gasteiger partial charge in [0.15, 0.2) is 5.58 Å². The van der Waals surface area contributed by atoms with Crippen LogP contribution in [-0.4, -0.2) is 32.7 Å². The molecule has 24 heavy (non-hydrogen) atoms. The normalized spacial score (nSPS) is 11.4. The van der Waals surface area contributed by atoms with E-state index in [4.69, 9.17) is 14.3 Å². The Kier molecular flexibility index (Phi) is 3.87. The lowest BCUT2D eigenvalue weighted by Gasteiger charge is -2.05. The van der Waals surface area contributed by atoms with Crippen LogP contribution in [0.15, 0.2) is 52.4 Å². The molecule has 6 nitrogen and oxygen atoms in total. The van der Waals surface area contributed by atoms with E-state index in [1.165, 1.54) is 11.8 Å². The second-order valence-electron chi connectivity index (χ2n) is 5.28. The molecule has 0 atom stereocenters. The Bertz CT molecular complexity index is 1010. The van der Waals surface area contributed by atoms with Gasteiger partial charge in [0.05, 0.1) is 30.4 Å². The highest BCUT2D eigenvalue weighted by Crippen LogP contribution is 2.25. The summed E-state index contributed by atoms with van der Waals surface area (Å²) in [6, 6.07) is 11.7.